The minimum absolute atomic E-state index is 0.410. The molecular formula is C6H14N2O. The van der Waals surface area contributed by atoms with Crippen LogP contribution in [0.5, 0.6) is 0 Å². The van der Waals surface area contributed by atoms with Crippen LogP contribution in [0.15, 0.2) is 0 Å². The Labute approximate surface area is 55.7 Å². The Kier molecular flexibility index (Phi) is 2.05. The Balaban J connectivity index is 2.15. The van der Waals surface area contributed by atoms with Crippen LogP contribution < -0.4 is 5.73 Å². The quantitative estimate of drug-likeness (QED) is 0.533. The van der Waals surface area contributed by atoms with E-state index < -0.39 is 0 Å². The normalized spacial score (nSPS) is 34.7. The third-order valence-electron chi connectivity index (χ3n) is 1.95. The molecule has 1 fully saturated rings. The van der Waals surface area contributed by atoms with Gasteiger partial charge in [0.05, 0.1) is 7.11 Å². The zero-order valence-corrected chi connectivity index (χ0v) is 6.00. The van der Waals surface area contributed by atoms with E-state index in [9.17, 15) is 0 Å². The van der Waals surface area contributed by atoms with Gasteiger partial charge in [-0.3, -0.25) is 0 Å². The molecule has 0 bridgehead atoms. The van der Waals surface area contributed by atoms with Crippen molar-refractivity contribution in [1.82, 2.24) is 5.06 Å². The van der Waals surface area contributed by atoms with Crippen molar-refractivity contribution in [2.45, 2.75) is 24.9 Å². The van der Waals surface area contributed by atoms with Gasteiger partial charge in [-0.15, -0.1) is 0 Å². The maximum Gasteiger partial charge on any atom is 0.0575 e. The number of nitrogens with two attached hydrogens (primary N) is 1. The maximum atomic E-state index is 5.58. The van der Waals surface area contributed by atoms with Gasteiger partial charge in [0.25, 0.3) is 0 Å². The molecule has 2 N–H and O–H groups in total. The van der Waals surface area contributed by atoms with Gasteiger partial charge in [0, 0.05) is 19.1 Å². The van der Waals surface area contributed by atoms with E-state index in [0.29, 0.717) is 12.1 Å². The fourth-order valence-corrected chi connectivity index (χ4v) is 1.08. The Morgan fingerprint density at radius 1 is 1.56 bits per heavy atom. The molecule has 0 aromatic carbocycles. The molecule has 1 aliphatic carbocycles. The Hall–Kier alpha value is -0.120. The molecule has 0 aliphatic heterocycles. The summed E-state index contributed by atoms with van der Waals surface area (Å²) in [7, 11) is 3.63. The standard InChI is InChI=1S/C6H14N2O/c1-8(9-2)6-3-5(7)4-6/h5-6H,3-4,7H2,1-2H3. The highest BCUT2D eigenvalue weighted by Gasteiger charge is 2.29. The summed E-state index contributed by atoms with van der Waals surface area (Å²) in [5.41, 5.74) is 5.58. The molecule has 1 saturated carbocycles. The first-order valence-corrected chi connectivity index (χ1v) is 3.26. The highest BCUT2D eigenvalue weighted by Crippen LogP contribution is 2.22. The van der Waals surface area contributed by atoms with E-state index in [1.54, 1.807) is 7.11 Å². The lowest BCUT2D eigenvalue weighted by Crippen LogP contribution is -2.48. The van der Waals surface area contributed by atoms with Crippen molar-refractivity contribution >= 4 is 0 Å². The fourth-order valence-electron chi connectivity index (χ4n) is 1.08. The van der Waals surface area contributed by atoms with Gasteiger partial charge >= 0.3 is 0 Å². The zero-order chi connectivity index (χ0) is 6.85. The second kappa shape index (κ2) is 2.64. The predicted octanol–water partition coefficient (Wildman–Crippen LogP) is -0.0307. The summed E-state index contributed by atoms with van der Waals surface area (Å²) >= 11 is 0. The van der Waals surface area contributed by atoms with E-state index in [1.807, 2.05) is 12.1 Å². The molecule has 0 amide bonds. The van der Waals surface area contributed by atoms with Crippen molar-refractivity contribution in [3.05, 3.63) is 0 Å². The van der Waals surface area contributed by atoms with Gasteiger partial charge < -0.3 is 10.6 Å². The van der Waals surface area contributed by atoms with E-state index >= 15 is 0 Å². The molecule has 0 heterocycles. The van der Waals surface area contributed by atoms with Gasteiger partial charge in [-0.25, -0.2) is 0 Å². The third-order valence-corrected chi connectivity index (χ3v) is 1.95. The van der Waals surface area contributed by atoms with Crippen LogP contribution in [0.1, 0.15) is 12.8 Å². The number of hydrogen-bond donors (Lipinski definition) is 1. The highest BCUT2D eigenvalue weighted by atomic mass is 16.7. The predicted molar refractivity (Wildman–Crippen MR) is 35.8 cm³/mol. The lowest BCUT2D eigenvalue weighted by molar-refractivity contribution is -0.161. The third kappa shape index (κ3) is 1.41. The number of rotatable bonds is 2. The summed E-state index contributed by atoms with van der Waals surface area (Å²) in [4.78, 5) is 4.98. The molecule has 0 spiro atoms. The Morgan fingerprint density at radius 2 is 2.11 bits per heavy atom. The van der Waals surface area contributed by atoms with Crippen molar-refractivity contribution in [3.8, 4) is 0 Å². The van der Waals surface area contributed by atoms with Gasteiger partial charge in [-0.1, -0.05) is 0 Å². The van der Waals surface area contributed by atoms with Gasteiger partial charge in [-0.05, 0) is 12.8 Å². The molecule has 3 heteroatoms. The smallest absolute Gasteiger partial charge is 0.0575 e. The molecule has 0 aromatic rings. The monoisotopic (exact) mass is 130 g/mol. The van der Waals surface area contributed by atoms with Crippen LogP contribution in [0.25, 0.3) is 0 Å². The van der Waals surface area contributed by atoms with Gasteiger partial charge in [-0.2, -0.15) is 5.06 Å². The molecule has 0 atom stereocenters. The zero-order valence-electron chi connectivity index (χ0n) is 6.00. The van der Waals surface area contributed by atoms with Gasteiger partial charge in [0.1, 0.15) is 0 Å². The van der Waals surface area contributed by atoms with Crippen LogP contribution in [0.2, 0.25) is 0 Å². The maximum absolute atomic E-state index is 5.58. The second-order valence-electron chi connectivity index (χ2n) is 2.61. The number of nitrogens with zero attached hydrogens (tertiary/aromatic N) is 1. The topological polar surface area (TPSA) is 38.5 Å². The first-order chi connectivity index (χ1) is 4.24. The summed E-state index contributed by atoms with van der Waals surface area (Å²) in [6, 6.07) is 0.970. The van der Waals surface area contributed by atoms with Crippen molar-refractivity contribution in [3.63, 3.8) is 0 Å². The molecule has 0 radical (unpaired) electrons. The van der Waals surface area contributed by atoms with E-state index in [2.05, 4.69) is 0 Å². The first kappa shape index (κ1) is 6.99. The Bertz CT molecular complexity index is 91.1. The van der Waals surface area contributed by atoms with E-state index in [0.717, 1.165) is 12.8 Å². The van der Waals surface area contributed by atoms with Gasteiger partial charge in [0.15, 0.2) is 0 Å². The first-order valence-electron chi connectivity index (χ1n) is 3.26. The molecule has 0 saturated heterocycles. The van der Waals surface area contributed by atoms with Crippen molar-refractivity contribution < 1.29 is 4.84 Å². The largest absolute Gasteiger partial charge is 0.328 e. The molecule has 3 nitrogen and oxygen atoms in total. The van der Waals surface area contributed by atoms with Crippen molar-refractivity contribution in [1.29, 1.82) is 0 Å². The summed E-state index contributed by atoms with van der Waals surface area (Å²) in [6.07, 6.45) is 2.15. The van der Waals surface area contributed by atoms with Crippen LogP contribution in [0.3, 0.4) is 0 Å². The van der Waals surface area contributed by atoms with Crippen LogP contribution in [-0.2, 0) is 4.84 Å². The van der Waals surface area contributed by atoms with E-state index in [1.165, 1.54) is 0 Å². The summed E-state index contributed by atoms with van der Waals surface area (Å²) in [5.74, 6) is 0. The van der Waals surface area contributed by atoms with E-state index in [-0.39, 0.29) is 0 Å². The van der Waals surface area contributed by atoms with Crippen LogP contribution >= 0.6 is 0 Å². The minimum Gasteiger partial charge on any atom is -0.328 e. The average molecular weight is 130 g/mol. The lowest BCUT2D eigenvalue weighted by atomic mass is 9.88. The molecular weight excluding hydrogens is 116 g/mol. The second-order valence-corrected chi connectivity index (χ2v) is 2.61. The molecule has 54 valence electrons. The Morgan fingerprint density at radius 3 is 2.44 bits per heavy atom. The van der Waals surface area contributed by atoms with Crippen LogP contribution in [0, 0.1) is 0 Å². The molecule has 0 unspecified atom stereocenters. The average Bonchev–Trinajstić information content (AvgIpc) is 1.79. The minimum atomic E-state index is 0.410. The summed E-state index contributed by atoms with van der Waals surface area (Å²) < 4.78 is 0. The molecule has 9 heavy (non-hydrogen) atoms. The van der Waals surface area contributed by atoms with Crippen LogP contribution in [-0.4, -0.2) is 31.3 Å². The van der Waals surface area contributed by atoms with Gasteiger partial charge in [0.2, 0.25) is 0 Å². The van der Waals surface area contributed by atoms with Crippen molar-refractivity contribution in [2.24, 2.45) is 5.73 Å². The molecule has 1 rings (SSSR count). The summed E-state index contributed by atoms with van der Waals surface area (Å²) in [6.45, 7) is 0. The highest BCUT2D eigenvalue weighted by molar-refractivity contribution is 4.85. The lowest BCUT2D eigenvalue weighted by Gasteiger charge is -2.37. The van der Waals surface area contributed by atoms with Crippen LogP contribution in [0.4, 0.5) is 0 Å². The molecule has 0 aromatic heterocycles. The summed E-state index contributed by atoms with van der Waals surface area (Å²) in [5, 5.41) is 1.86. The number of hydroxylamine groups is 2. The molecule has 1 aliphatic rings. The fraction of sp³-hybridized carbons (Fsp3) is 1.00. The number of hydrogen-bond acceptors (Lipinski definition) is 3. The SMILES string of the molecule is CON(C)C1CC(N)C1. The van der Waals surface area contributed by atoms with Crippen molar-refractivity contribution in [2.75, 3.05) is 14.2 Å². The van der Waals surface area contributed by atoms with E-state index in [4.69, 9.17) is 10.6 Å².